The molecule has 0 aliphatic heterocycles. The molecule has 0 aliphatic rings. The van der Waals surface area contributed by atoms with Crippen LogP contribution in [-0.2, 0) is 0 Å². The van der Waals surface area contributed by atoms with Crippen LogP contribution in [0.5, 0.6) is 0 Å². The average Bonchev–Trinajstić information content (AvgIpc) is 3.91. The van der Waals surface area contributed by atoms with Gasteiger partial charge in [-0.15, -0.1) is 11.3 Å². The molecule has 13 aromatic rings. The zero-order valence-electron chi connectivity index (χ0n) is 34.2. The van der Waals surface area contributed by atoms with Crippen molar-refractivity contribution in [2.24, 2.45) is 0 Å². The first-order valence-corrected chi connectivity index (χ1v) is 22.4. The smallest absolute Gasteiger partial charge is 0.0554 e. The molecule has 0 saturated carbocycles. The second kappa shape index (κ2) is 14.3. The van der Waals surface area contributed by atoms with E-state index in [2.05, 4.69) is 240 Å². The van der Waals surface area contributed by atoms with Gasteiger partial charge in [0.15, 0.2) is 0 Å². The highest BCUT2D eigenvalue weighted by Gasteiger charge is 2.22. The van der Waals surface area contributed by atoms with Gasteiger partial charge < -0.3 is 9.47 Å². The molecule has 0 atom stereocenters. The molecule has 13 rings (SSSR count). The van der Waals surface area contributed by atoms with Crippen LogP contribution in [0.25, 0.3) is 102 Å². The van der Waals surface area contributed by atoms with E-state index in [4.69, 9.17) is 0 Å². The molecular weight excluding hydrogens is 781 g/mol. The van der Waals surface area contributed by atoms with E-state index in [1.807, 2.05) is 11.3 Å². The van der Waals surface area contributed by atoms with Crippen molar-refractivity contribution < 1.29 is 0 Å². The molecule has 3 heteroatoms. The van der Waals surface area contributed by atoms with Crippen molar-refractivity contribution in [3.8, 4) is 27.9 Å². The molecule has 0 N–H and O–H groups in total. The largest absolute Gasteiger partial charge is 0.310 e. The molecule has 11 aromatic carbocycles. The average molecular weight is 819 g/mol. The summed E-state index contributed by atoms with van der Waals surface area (Å²) < 4.78 is 5.01. The van der Waals surface area contributed by atoms with Gasteiger partial charge in [0.05, 0.1) is 16.7 Å². The van der Waals surface area contributed by atoms with Crippen LogP contribution in [0.4, 0.5) is 17.1 Å². The number of para-hydroxylation sites is 1. The fraction of sp³-hybridized carbons (Fsp3) is 0. The predicted octanol–water partition coefficient (Wildman–Crippen LogP) is 17.4. The third kappa shape index (κ3) is 5.78. The molecule has 2 aromatic heterocycles. The molecule has 0 amide bonds. The molecule has 0 bridgehead atoms. The zero-order chi connectivity index (χ0) is 41.4. The summed E-state index contributed by atoms with van der Waals surface area (Å²) in [5, 5.41) is 12.6. The lowest BCUT2D eigenvalue weighted by Gasteiger charge is -2.27. The SMILES string of the molecule is c1ccc(-c2ccc(-n3c4ccccc4c4cc(N(c5ccc(-c6ccc7ccc8ccccc8c7c6)cc5)c5cccc6sc7c8ccccc8ccc7c56)ccc43)cc2)cc1. The molecule has 0 spiro atoms. The van der Waals surface area contributed by atoms with Gasteiger partial charge in [0, 0.05) is 48.0 Å². The number of benzene rings is 11. The number of rotatable bonds is 6. The van der Waals surface area contributed by atoms with Gasteiger partial charge in [-0.2, -0.15) is 0 Å². The van der Waals surface area contributed by atoms with Crippen LogP contribution in [-0.4, -0.2) is 4.57 Å². The first kappa shape index (κ1) is 35.7. The zero-order valence-corrected chi connectivity index (χ0v) is 35.1. The first-order valence-electron chi connectivity index (χ1n) is 21.6. The van der Waals surface area contributed by atoms with Gasteiger partial charge in [-0.25, -0.2) is 0 Å². The van der Waals surface area contributed by atoms with Crippen LogP contribution in [0.2, 0.25) is 0 Å². The molecule has 0 unspecified atom stereocenters. The third-order valence-electron chi connectivity index (χ3n) is 13.0. The predicted molar refractivity (Wildman–Crippen MR) is 272 cm³/mol. The van der Waals surface area contributed by atoms with E-state index < -0.39 is 0 Å². The van der Waals surface area contributed by atoms with Crippen molar-refractivity contribution in [3.05, 3.63) is 231 Å². The number of fused-ring (bicyclic) bond motifs is 11. The molecule has 294 valence electrons. The molecule has 63 heavy (non-hydrogen) atoms. The number of hydrogen-bond donors (Lipinski definition) is 0. The summed E-state index contributed by atoms with van der Waals surface area (Å²) in [6, 6.07) is 84.8. The van der Waals surface area contributed by atoms with Crippen molar-refractivity contribution in [2.75, 3.05) is 4.90 Å². The van der Waals surface area contributed by atoms with Gasteiger partial charge in [0.2, 0.25) is 0 Å². The molecule has 0 saturated heterocycles. The van der Waals surface area contributed by atoms with Crippen LogP contribution in [0.3, 0.4) is 0 Å². The Morgan fingerprint density at radius 1 is 0.333 bits per heavy atom. The van der Waals surface area contributed by atoms with Gasteiger partial charge in [0.25, 0.3) is 0 Å². The van der Waals surface area contributed by atoms with Crippen LogP contribution in [0.15, 0.2) is 231 Å². The number of anilines is 3. The lowest BCUT2D eigenvalue weighted by atomic mass is 9.97. The van der Waals surface area contributed by atoms with E-state index in [1.54, 1.807) is 0 Å². The van der Waals surface area contributed by atoms with E-state index in [0.717, 1.165) is 17.1 Å². The van der Waals surface area contributed by atoms with E-state index in [1.165, 1.54) is 102 Å². The Morgan fingerprint density at radius 3 is 1.75 bits per heavy atom. The maximum atomic E-state index is 2.47. The van der Waals surface area contributed by atoms with E-state index in [9.17, 15) is 0 Å². The summed E-state index contributed by atoms with van der Waals surface area (Å²) >= 11 is 1.89. The van der Waals surface area contributed by atoms with Gasteiger partial charge in [-0.1, -0.05) is 164 Å². The van der Waals surface area contributed by atoms with E-state index in [0.29, 0.717) is 0 Å². The summed E-state index contributed by atoms with van der Waals surface area (Å²) in [6.45, 7) is 0. The summed E-state index contributed by atoms with van der Waals surface area (Å²) in [5.74, 6) is 0. The Hall–Kier alpha value is -7.98. The number of hydrogen-bond acceptors (Lipinski definition) is 2. The van der Waals surface area contributed by atoms with Crippen molar-refractivity contribution in [1.29, 1.82) is 0 Å². The van der Waals surface area contributed by atoms with Gasteiger partial charge in [0.1, 0.15) is 0 Å². The second-order valence-electron chi connectivity index (χ2n) is 16.5. The quantitative estimate of drug-likeness (QED) is 0.152. The number of nitrogens with zero attached hydrogens (tertiary/aromatic N) is 2. The Balaban J connectivity index is 0.998. The fourth-order valence-corrected chi connectivity index (χ4v) is 11.2. The topological polar surface area (TPSA) is 8.17 Å². The van der Waals surface area contributed by atoms with Crippen LogP contribution in [0, 0.1) is 0 Å². The monoisotopic (exact) mass is 818 g/mol. The standard InChI is InChI=1S/C60H38N2S/c1-2-11-39(12-3-1)40-25-32-47(33-26-40)62-55-18-9-8-17-51(55)54-38-48(34-36-56(54)62)61(57-19-10-20-58-59(57)52-35-29-43-14-5-7-16-50(43)60(52)63-58)46-30-27-41(28-31-46)45-24-23-44-22-21-42-13-4-6-15-49(42)53(44)37-45/h1-38H. The first-order chi connectivity index (χ1) is 31.2. The Morgan fingerprint density at radius 2 is 0.921 bits per heavy atom. The number of aromatic nitrogens is 1. The van der Waals surface area contributed by atoms with Crippen molar-refractivity contribution in [1.82, 2.24) is 4.57 Å². The summed E-state index contributed by atoms with van der Waals surface area (Å²) in [4.78, 5) is 2.47. The summed E-state index contributed by atoms with van der Waals surface area (Å²) in [7, 11) is 0. The fourth-order valence-electron chi connectivity index (χ4n) is 9.94. The highest BCUT2D eigenvalue weighted by Crippen LogP contribution is 2.48. The summed E-state index contributed by atoms with van der Waals surface area (Å²) in [6.07, 6.45) is 0. The van der Waals surface area contributed by atoms with Crippen LogP contribution in [0.1, 0.15) is 0 Å². The minimum absolute atomic E-state index is 1.11. The van der Waals surface area contributed by atoms with Crippen LogP contribution < -0.4 is 4.90 Å². The minimum Gasteiger partial charge on any atom is -0.310 e. The molecule has 0 aliphatic carbocycles. The van der Waals surface area contributed by atoms with E-state index in [-0.39, 0.29) is 0 Å². The van der Waals surface area contributed by atoms with Gasteiger partial charge >= 0.3 is 0 Å². The Bertz CT molecular complexity index is 3900. The summed E-state index contributed by atoms with van der Waals surface area (Å²) in [5.41, 5.74) is 11.7. The maximum absolute atomic E-state index is 2.47. The lowest BCUT2D eigenvalue weighted by molar-refractivity contribution is 1.18. The van der Waals surface area contributed by atoms with Crippen molar-refractivity contribution in [2.45, 2.75) is 0 Å². The van der Waals surface area contributed by atoms with Crippen LogP contribution >= 0.6 is 11.3 Å². The van der Waals surface area contributed by atoms with Crippen molar-refractivity contribution >= 4 is 103 Å². The molecule has 0 fully saturated rings. The van der Waals surface area contributed by atoms with Gasteiger partial charge in [-0.3, -0.25) is 0 Å². The Kier molecular flexibility index (Phi) is 8.12. The molecule has 0 radical (unpaired) electrons. The van der Waals surface area contributed by atoms with E-state index >= 15 is 0 Å². The maximum Gasteiger partial charge on any atom is 0.0554 e. The van der Waals surface area contributed by atoms with Gasteiger partial charge in [-0.05, 0) is 121 Å². The second-order valence-corrected chi connectivity index (χ2v) is 17.5. The number of thiophene rings is 1. The Labute approximate surface area is 368 Å². The van der Waals surface area contributed by atoms with Crippen molar-refractivity contribution in [3.63, 3.8) is 0 Å². The highest BCUT2D eigenvalue weighted by atomic mass is 32.1. The normalized spacial score (nSPS) is 11.8. The molecule has 2 heterocycles. The third-order valence-corrected chi connectivity index (χ3v) is 14.2. The lowest BCUT2D eigenvalue weighted by Crippen LogP contribution is -2.10. The molecular formula is C60H38N2S. The minimum atomic E-state index is 1.11. The highest BCUT2D eigenvalue weighted by molar-refractivity contribution is 7.26. The molecule has 2 nitrogen and oxygen atoms in total.